The summed E-state index contributed by atoms with van der Waals surface area (Å²) in [5.74, 6) is -1.62. The van der Waals surface area contributed by atoms with Crippen LogP contribution < -0.4 is 16.4 Å². The Morgan fingerprint density at radius 1 is 1.07 bits per heavy atom. The van der Waals surface area contributed by atoms with Crippen molar-refractivity contribution in [2.45, 2.75) is 12.5 Å². The van der Waals surface area contributed by atoms with Crippen molar-refractivity contribution in [2.24, 2.45) is 5.73 Å². The molecule has 0 aliphatic carbocycles. The number of carbonyl (C=O) groups is 4. The topological polar surface area (TPSA) is 122 Å². The first-order chi connectivity index (χ1) is 12.8. The molecular formula is C19H18N4O4. The van der Waals surface area contributed by atoms with Gasteiger partial charge >= 0.3 is 6.03 Å². The number of anilines is 1. The molecule has 1 heterocycles. The lowest BCUT2D eigenvalue weighted by Crippen LogP contribution is -2.42. The Balaban J connectivity index is 1.70. The second-order valence-electron chi connectivity index (χ2n) is 6.30. The number of imide groups is 1. The van der Waals surface area contributed by atoms with E-state index >= 15 is 0 Å². The molecular weight excluding hydrogens is 348 g/mol. The summed E-state index contributed by atoms with van der Waals surface area (Å²) in [5, 5.41) is 5.22. The third-order valence-corrected chi connectivity index (χ3v) is 4.38. The number of carbonyl (C=O) groups excluding carboxylic acids is 4. The molecule has 1 fully saturated rings. The minimum absolute atomic E-state index is 0.306. The Morgan fingerprint density at radius 2 is 1.70 bits per heavy atom. The van der Waals surface area contributed by atoms with Gasteiger partial charge in [0.05, 0.1) is 0 Å². The van der Waals surface area contributed by atoms with Gasteiger partial charge in [-0.15, -0.1) is 0 Å². The number of amides is 5. The van der Waals surface area contributed by atoms with Crippen LogP contribution in [0.2, 0.25) is 0 Å². The summed E-state index contributed by atoms with van der Waals surface area (Å²) in [5.41, 5.74) is 5.30. The maximum atomic E-state index is 12.8. The number of urea groups is 1. The Bertz CT molecular complexity index is 911. The van der Waals surface area contributed by atoms with Gasteiger partial charge in [0.25, 0.3) is 5.91 Å². The van der Waals surface area contributed by atoms with E-state index in [-0.39, 0.29) is 0 Å². The monoisotopic (exact) mass is 366 g/mol. The molecule has 0 radical (unpaired) electrons. The highest BCUT2D eigenvalue weighted by molar-refractivity contribution is 6.10. The Morgan fingerprint density at radius 3 is 2.30 bits per heavy atom. The maximum Gasteiger partial charge on any atom is 0.325 e. The van der Waals surface area contributed by atoms with Gasteiger partial charge in [0.1, 0.15) is 12.1 Å². The van der Waals surface area contributed by atoms with Crippen molar-refractivity contribution >= 4 is 29.4 Å². The first-order valence-electron chi connectivity index (χ1n) is 8.20. The molecule has 2 aromatic carbocycles. The molecule has 27 heavy (non-hydrogen) atoms. The Hall–Kier alpha value is -3.68. The van der Waals surface area contributed by atoms with Gasteiger partial charge in [-0.1, -0.05) is 30.3 Å². The van der Waals surface area contributed by atoms with Gasteiger partial charge in [-0.05, 0) is 36.8 Å². The lowest BCUT2D eigenvalue weighted by molar-refractivity contribution is -0.133. The Kier molecular flexibility index (Phi) is 4.64. The standard InChI is InChI=1S/C19H18N4O4/c1-19(13-5-3-2-4-6-13)17(26)23(18(27)22-19)11-15(24)21-14-9-7-12(8-10-14)16(20)25/h2-10H,11H2,1H3,(H2,20,25)(H,21,24)(H,22,27)/t19-/m0/s1. The second-order valence-corrected chi connectivity index (χ2v) is 6.30. The molecule has 4 N–H and O–H groups in total. The summed E-state index contributed by atoms with van der Waals surface area (Å²) in [6.45, 7) is 1.17. The molecule has 2 aromatic rings. The van der Waals surface area contributed by atoms with Crippen LogP contribution in [0.15, 0.2) is 54.6 Å². The number of hydrogen-bond donors (Lipinski definition) is 3. The molecule has 0 bridgehead atoms. The maximum absolute atomic E-state index is 12.8. The van der Waals surface area contributed by atoms with Gasteiger partial charge in [0, 0.05) is 11.3 Å². The lowest BCUT2D eigenvalue weighted by Gasteiger charge is -2.22. The van der Waals surface area contributed by atoms with E-state index in [1.807, 2.05) is 6.07 Å². The smallest absolute Gasteiger partial charge is 0.325 e. The highest BCUT2D eigenvalue weighted by Gasteiger charge is 2.49. The zero-order valence-corrected chi connectivity index (χ0v) is 14.6. The molecule has 8 heteroatoms. The summed E-state index contributed by atoms with van der Waals surface area (Å²) in [4.78, 5) is 49.2. The van der Waals surface area contributed by atoms with Gasteiger partial charge < -0.3 is 16.4 Å². The fourth-order valence-corrected chi connectivity index (χ4v) is 2.87. The quantitative estimate of drug-likeness (QED) is 0.688. The fourth-order valence-electron chi connectivity index (χ4n) is 2.87. The first-order valence-corrected chi connectivity index (χ1v) is 8.20. The SMILES string of the molecule is C[C@@]1(c2ccccc2)NC(=O)N(CC(=O)Nc2ccc(C(N)=O)cc2)C1=O. The molecule has 0 unspecified atom stereocenters. The van der Waals surface area contributed by atoms with Crippen LogP contribution in [-0.2, 0) is 15.1 Å². The van der Waals surface area contributed by atoms with Crippen molar-refractivity contribution in [3.8, 4) is 0 Å². The predicted molar refractivity (Wildman–Crippen MR) is 97.6 cm³/mol. The molecule has 0 spiro atoms. The summed E-state index contributed by atoms with van der Waals surface area (Å²) in [7, 11) is 0. The molecule has 0 aromatic heterocycles. The van der Waals surface area contributed by atoms with Gasteiger partial charge in [0.15, 0.2) is 0 Å². The molecule has 1 atom stereocenters. The van der Waals surface area contributed by atoms with E-state index in [1.165, 1.54) is 24.3 Å². The van der Waals surface area contributed by atoms with Gasteiger partial charge in [-0.2, -0.15) is 0 Å². The van der Waals surface area contributed by atoms with E-state index in [4.69, 9.17) is 5.73 Å². The van der Waals surface area contributed by atoms with Crippen molar-refractivity contribution in [1.29, 1.82) is 0 Å². The van der Waals surface area contributed by atoms with E-state index in [0.29, 0.717) is 16.8 Å². The number of hydrogen-bond acceptors (Lipinski definition) is 4. The number of nitrogens with one attached hydrogen (secondary N) is 2. The van der Waals surface area contributed by atoms with Crippen molar-refractivity contribution in [2.75, 3.05) is 11.9 Å². The van der Waals surface area contributed by atoms with Crippen LogP contribution in [0, 0.1) is 0 Å². The van der Waals surface area contributed by atoms with Crippen LogP contribution in [-0.4, -0.2) is 35.2 Å². The number of rotatable bonds is 5. The van der Waals surface area contributed by atoms with Crippen LogP contribution in [0.3, 0.4) is 0 Å². The van der Waals surface area contributed by atoms with Crippen molar-refractivity contribution < 1.29 is 19.2 Å². The molecule has 138 valence electrons. The lowest BCUT2D eigenvalue weighted by atomic mass is 9.92. The van der Waals surface area contributed by atoms with Gasteiger partial charge in [0.2, 0.25) is 11.8 Å². The van der Waals surface area contributed by atoms with Crippen molar-refractivity contribution in [1.82, 2.24) is 10.2 Å². The van der Waals surface area contributed by atoms with Crippen LogP contribution in [0.5, 0.6) is 0 Å². The molecule has 5 amide bonds. The number of nitrogens with zero attached hydrogens (tertiary/aromatic N) is 1. The number of benzene rings is 2. The van der Waals surface area contributed by atoms with Gasteiger partial charge in [-0.3, -0.25) is 19.3 Å². The van der Waals surface area contributed by atoms with Crippen LogP contribution in [0.4, 0.5) is 10.5 Å². The molecule has 1 aliphatic heterocycles. The van der Waals surface area contributed by atoms with Crippen LogP contribution >= 0.6 is 0 Å². The van der Waals surface area contributed by atoms with E-state index in [1.54, 1.807) is 31.2 Å². The number of nitrogens with two attached hydrogens (primary N) is 1. The Labute approximate surface area is 155 Å². The summed E-state index contributed by atoms with van der Waals surface area (Å²) >= 11 is 0. The summed E-state index contributed by atoms with van der Waals surface area (Å²) < 4.78 is 0. The van der Waals surface area contributed by atoms with Gasteiger partial charge in [-0.25, -0.2) is 4.79 Å². The molecule has 3 rings (SSSR count). The van der Waals surface area contributed by atoms with E-state index < -0.39 is 35.8 Å². The van der Waals surface area contributed by atoms with E-state index in [2.05, 4.69) is 10.6 Å². The number of primary amides is 1. The third-order valence-electron chi connectivity index (χ3n) is 4.38. The second kappa shape index (κ2) is 6.91. The summed E-state index contributed by atoms with van der Waals surface area (Å²) in [6.07, 6.45) is 0. The molecule has 1 saturated heterocycles. The highest BCUT2D eigenvalue weighted by atomic mass is 16.2. The first kappa shape index (κ1) is 18.1. The predicted octanol–water partition coefficient (Wildman–Crippen LogP) is 1.19. The fraction of sp³-hybridized carbons (Fsp3) is 0.158. The minimum atomic E-state index is -1.22. The molecule has 8 nitrogen and oxygen atoms in total. The highest BCUT2D eigenvalue weighted by Crippen LogP contribution is 2.28. The van der Waals surface area contributed by atoms with Crippen LogP contribution in [0.25, 0.3) is 0 Å². The average molecular weight is 366 g/mol. The van der Waals surface area contributed by atoms with E-state index in [9.17, 15) is 19.2 Å². The zero-order valence-electron chi connectivity index (χ0n) is 14.6. The zero-order chi connectivity index (χ0) is 19.6. The van der Waals surface area contributed by atoms with Crippen LogP contribution in [0.1, 0.15) is 22.8 Å². The average Bonchev–Trinajstić information content (AvgIpc) is 2.87. The third kappa shape index (κ3) is 3.50. The minimum Gasteiger partial charge on any atom is -0.366 e. The van der Waals surface area contributed by atoms with E-state index in [0.717, 1.165) is 4.90 Å². The summed E-state index contributed by atoms with van der Waals surface area (Å²) in [6, 6.07) is 14.2. The van der Waals surface area contributed by atoms with Crippen molar-refractivity contribution in [3.63, 3.8) is 0 Å². The van der Waals surface area contributed by atoms with Crippen molar-refractivity contribution in [3.05, 3.63) is 65.7 Å². The molecule has 0 saturated carbocycles. The molecule has 1 aliphatic rings. The normalized spacial score (nSPS) is 18.9. The largest absolute Gasteiger partial charge is 0.366 e.